The summed E-state index contributed by atoms with van der Waals surface area (Å²) in [5.41, 5.74) is 3.26. The fraction of sp³-hybridized carbons (Fsp3) is 0.0500. The molecule has 0 saturated carbocycles. The van der Waals surface area contributed by atoms with Crippen molar-refractivity contribution in [2.24, 2.45) is 0 Å². The monoisotopic (exact) mass is 380 g/mol. The van der Waals surface area contributed by atoms with Gasteiger partial charge in [-0.25, -0.2) is 0 Å². The summed E-state index contributed by atoms with van der Waals surface area (Å²) in [4.78, 5) is 27.6. The molecule has 27 heavy (non-hydrogen) atoms. The molecule has 3 rings (SSSR count). The highest BCUT2D eigenvalue weighted by atomic mass is 35.5. The van der Waals surface area contributed by atoms with Gasteiger partial charge in [-0.05, 0) is 54.6 Å². The van der Waals surface area contributed by atoms with Gasteiger partial charge in [0.25, 0.3) is 5.91 Å². The number of pyridine rings is 1. The molecule has 2 amide bonds. The van der Waals surface area contributed by atoms with Crippen LogP contribution in [0.4, 0.5) is 22.7 Å². The van der Waals surface area contributed by atoms with Gasteiger partial charge >= 0.3 is 0 Å². The van der Waals surface area contributed by atoms with Crippen LogP contribution in [0, 0.1) is 0 Å². The number of nitrogens with one attached hydrogen (secondary N) is 3. The van der Waals surface area contributed by atoms with E-state index in [1.54, 1.807) is 48.7 Å². The molecule has 3 N–H and O–H groups in total. The number of halogens is 1. The minimum atomic E-state index is -0.269. The maximum Gasteiger partial charge on any atom is 0.257 e. The average Bonchev–Trinajstić information content (AvgIpc) is 2.65. The summed E-state index contributed by atoms with van der Waals surface area (Å²) in [6.45, 7) is 1.46. The summed E-state index contributed by atoms with van der Waals surface area (Å²) in [6.07, 6.45) is 3.12. The van der Waals surface area contributed by atoms with Gasteiger partial charge in [0.1, 0.15) is 0 Å². The highest BCUT2D eigenvalue weighted by Crippen LogP contribution is 2.20. The number of amides is 2. The molecule has 2 aromatic carbocycles. The molecule has 7 heteroatoms. The van der Waals surface area contributed by atoms with Gasteiger partial charge in [-0.1, -0.05) is 11.6 Å². The molecule has 3 aromatic rings. The summed E-state index contributed by atoms with van der Waals surface area (Å²) in [5.74, 6) is -0.395. The second-order valence-electron chi connectivity index (χ2n) is 5.81. The topological polar surface area (TPSA) is 83.1 Å². The predicted octanol–water partition coefficient (Wildman–Crippen LogP) is 4.69. The number of rotatable bonds is 5. The molecule has 0 radical (unpaired) electrons. The Balaban J connectivity index is 1.68. The molecular formula is C20H17ClN4O2. The van der Waals surface area contributed by atoms with Crippen molar-refractivity contribution < 1.29 is 9.59 Å². The molecule has 0 bridgehead atoms. The van der Waals surface area contributed by atoms with Crippen LogP contribution >= 0.6 is 11.6 Å². The van der Waals surface area contributed by atoms with Gasteiger partial charge in [-0.3, -0.25) is 14.6 Å². The Morgan fingerprint density at radius 1 is 0.815 bits per heavy atom. The Morgan fingerprint density at radius 3 is 2.07 bits per heavy atom. The minimum absolute atomic E-state index is 0.126. The molecule has 0 spiro atoms. The van der Waals surface area contributed by atoms with Crippen LogP contribution in [0.3, 0.4) is 0 Å². The number of hydrogen-bond acceptors (Lipinski definition) is 4. The Hall–Kier alpha value is -3.38. The lowest BCUT2D eigenvalue weighted by molar-refractivity contribution is -0.114. The summed E-state index contributed by atoms with van der Waals surface area (Å²) in [6, 6.07) is 15.8. The third-order valence-corrected chi connectivity index (χ3v) is 3.85. The molecule has 0 aliphatic carbocycles. The van der Waals surface area contributed by atoms with E-state index in [0.717, 1.165) is 5.69 Å². The molecule has 0 atom stereocenters. The van der Waals surface area contributed by atoms with Crippen molar-refractivity contribution in [1.82, 2.24) is 4.98 Å². The van der Waals surface area contributed by atoms with E-state index >= 15 is 0 Å². The molecule has 0 aliphatic heterocycles. The zero-order valence-corrected chi connectivity index (χ0v) is 15.2. The summed E-state index contributed by atoms with van der Waals surface area (Å²) < 4.78 is 0. The third kappa shape index (κ3) is 5.29. The number of carbonyl (C=O) groups is 2. The van der Waals surface area contributed by atoms with Crippen LogP contribution in [0.2, 0.25) is 5.02 Å². The maximum atomic E-state index is 12.4. The van der Waals surface area contributed by atoms with E-state index in [-0.39, 0.29) is 11.8 Å². The van der Waals surface area contributed by atoms with E-state index in [1.807, 2.05) is 12.1 Å². The SMILES string of the molecule is CC(=O)Nc1ccc(Nc2cncc(C(=O)Nc3ccc(Cl)cc3)c2)cc1. The van der Waals surface area contributed by atoms with Gasteiger partial charge < -0.3 is 16.0 Å². The van der Waals surface area contributed by atoms with Gasteiger partial charge in [0.15, 0.2) is 0 Å². The van der Waals surface area contributed by atoms with Crippen molar-refractivity contribution in [2.45, 2.75) is 6.92 Å². The zero-order valence-electron chi connectivity index (χ0n) is 14.5. The molecule has 0 saturated heterocycles. The Bertz CT molecular complexity index is 956. The van der Waals surface area contributed by atoms with Crippen LogP contribution in [-0.2, 0) is 4.79 Å². The summed E-state index contributed by atoms with van der Waals surface area (Å²) in [5, 5.41) is 9.28. The Labute approximate surface area is 161 Å². The molecule has 0 aliphatic rings. The summed E-state index contributed by atoms with van der Waals surface area (Å²) in [7, 11) is 0. The molecule has 136 valence electrons. The van der Waals surface area contributed by atoms with E-state index in [9.17, 15) is 9.59 Å². The largest absolute Gasteiger partial charge is 0.354 e. The minimum Gasteiger partial charge on any atom is -0.354 e. The number of nitrogens with zero attached hydrogens (tertiary/aromatic N) is 1. The molecule has 6 nitrogen and oxygen atoms in total. The molecular weight excluding hydrogens is 364 g/mol. The van der Waals surface area contributed by atoms with Crippen molar-refractivity contribution in [2.75, 3.05) is 16.0 Å². The molecule has 1 aromatic heterocycles. The lowest BCUT2D eigenvalue weighted by atomic mass is 10.2. The first-order valence-electron chi connectivity index (χ1n) is 8.16. The normalized spacial score (nSPS) is 10.1. The van der Waals surface area contributed by atoms with Gasteiger partial charge in [-0.15, -0.1) is 0 Å². The summed E-state index contributed by atoms with van der Waals surface area (Å²) >= 11 is 5.85. The van der Waals surface area contributed by atoms with Crippen molar-refractivity contribution in [3.63, 3.8) is 0 Å². The molecule has 0 fully saturated rings. The van der Waals surface area contributed by atoms with E-state index in [0.29, 0.717) is 27.6 Å². The quantitative estimate of drug-likeness (QED) is 0.599. The third-order valence-electron chi connectivity index (χ3n) is 3.60. The zero-order chi connectivity index (χ0) is 19.2. The first-order valence-corrected chi connectivity index (χ1v) is 8.54. The fourth-order valence-electron chi connectivity index (χ4n) is 2.38. The van der Waals surface area contributed by atoms with Gasteiger partial charge in [0, 0.05) is 35.2 Å². The second-order valence-corrected chi connectivity index (χ2v) is 6.24. The highest BCUT2D eigenvalue weighted by Gasteiger charge is 2.08. The number of anilines is 4. The molecule has 0 unspecified atom stereocenters. The fourth-order valence-corrected chi connectivity index (χ4v) is 2.50. The Kier molecular flexibility index (Phi) is 5.68. The van der Waals surface area contributed by atoms with Crippen LogP contribution in [0.1, 0.15) is 17.3 Å². The van der Waals surface area contributed by atoms with Gasteiger partial charge in [-0.2, -0.15) is 0 Å². The van der Waals surface area contributed by atoms with Gasteiger partial charge in [0.05, 0.1) is 17.4 Å². The van der Waals surface area contributed by atoms with Crippen LogP contribution < -0.4 is 16.0 Å². The smallest absolute Gasteiger partial charge is 0.257 e. The van der Waals surface area contributed by atoms with Crippen LogP contribution in [0.15, 0.2) is 67.0 Å². The van der Waals surface area contributed by atoms with Crippen molar-refractivity contribution in [3.05, 3.63) is 77.6 Å². The Morgan fingerprint density at radius 2 is 1.41 bits per heavy atom. The standard InChI is InChI=1S/C20H17ClN4O2/c1-13(26)23-16-6-8-17(9-7-16)24-19-10-14(11-22-12-19)20(27)25-18-4-2-15(21)3-5-18/h2-12,24H,1H3,(H,23,26)(H,25,27). The molecule has 1 heterocycles. The van der Waals surface area contributed by atoms with E-state index in [4.69, 9.17) is 11.6 Å². The second kappa shape index (κ2) is 8.33. The van der Waals surface area contributed by atoms with Crippen molar-refractivity contribution in [1.29, 1.82) is 0 Å². The van der Waals surface area contributed by atoms with Gasteiger partial charge in [0.2, 0.25) is 5.91 Å². The van der Waals surface area contributed by atoms with Crippen LogP contribution in [0.5, 0.6) is 0 Å². The lowest BCUT2D eigenvalue weighted by Gasteiger charge is -2.10. The van der Waals surface area contributed by atoms with E-state index < -0.39 is 0 Å². The number of carbonyl (C=O) groups excluding carboxylic acids is 2. The van der Waals surface area contributed by atoms with Crippen LogP contribution in [-0.4, -0.2) is 16.8 Å². The average molecular weight is 381 g/mol. The number of hydrogen-bond donors (Lipinski definition) is 3. The number of benzene rings is 2. The first kappa shape index (κ1) is 18.4. The van der Waals surface area contributed by atoms with Crippen molar-refractivity contribution in [3.8, 4) is 0 Å². The first-order chi connectivity index (χ1) is 13.0. The van der Waals surface area contributed by atoms with Crippen LogP contribution in [0.25, 0.3) is 0 Å². The predicted molar refractivity (Wildman–Crippen MR) is 108 cm³/mol. The lowest BCUT2D eigenvalue weighted by Crippen LogP contribution is -2.12. The van der Waals surface area contributed by atoms with E-state index in [2.05, 4.69) is 20.9 Å². The maximum absolute atomic E-state index is 12.4. The van der Waals surface area contributed by atoms with E-state index in [1.165, 1.54) is 13.1 Å². The van der Waals surface area contributed by atoms with Crippen molar-refractivity contribution >= 4 is 46.2 Å². The number of aromatic nitrogens is 1. The highest BCUT2D eigenvalue weighted by molar-refractivity contribution is 6.30.